The number of esters is 1. The smallest absolute Gasteiger partial charge is 0.416 e. The Balaban J connectivity index is 1.91. The summed E-state index contributed by atoms with van der Waals surface area (Å²) in [6.45, 7) is 0. The summed E-state index contributed by atoms with van der Waals surface area (Å²) < 4.78 is 47.3. The lowest BCUT2D eigenvalue weighted by molar-refractivity contribution is -0.160. The molecule has 3 aromatic carbocycles. The van der Waals surface area contributed by atoms with Crippen LogP contribution in [0.25, 0.3) is 10.9 Å². The highest BCUT2D eigenvalue weighted by atomic mass is 19.4. The average Bonchev–Trinajstić information content (AvgIpc) is 3.16. The zero-order chi connectivity index (χ0) is 25.0. The highest BCUT2D eigenvalue weighted by Crippen LogP contribution is 2.57. The van der Waals surface area contributed by atoms with Gasteiger partial charge in [-0.05, 0) is 42.2 Å². The van der Waals surface area contributed by atoms with Crippen LogP contribution in [0.2, 0.25) is 0 Å². The van der Waals surface area contributed by atoms with Crippen molar-refractivity contribution in [2.45, 2.75) is 30.0 Å². The maximum absolute atomic E-state index is 13.9. The van der Waals surface area contributed by atoms with Gasteiger partial charge in [-0.1, -0.05) is 60.7 Å². The zero-order valence-electron chi connectivity index (χ0n) is 19.3. The summed E-state index contributed by atoms with van der Waals surface area (Å²) in [5.41, 5.74) is -1.31. The molecule has 180 valence electrons. The Morgan fingerprint density at radius 2 is 1.57 bits per heavy atom. The number of benzene rings is 3. The Kier molecular flexibility index (Phi) is 5.29. The van der Waals surface area contributed by atoms with Gasteiger partial charge in [0.15, 0.2) is 5.41 Å². The molecule has 1 heterocycles. The minimum atomic E-state index is -4.52. The number of carbonyl (C=O) groups is 1. The number of methoxy groups -OCH3 is 1. The SMILES string of the molecule is COC(=O)C1(c2ccccc2)c2c(n(C)c3ccccc23)CCC1(O)c1ccc(C(F)(F)F)cc1. The monoisotopic (exact) mass is 479 g/mol. The standard InChI is InChI=1S/C28H24F3NO3/c1-32-22-11-7-6-10-21(22)24-23(32)16-17-26(34,18-12-14-20(15-13-18)28(29,30)31)27(24,25(33)35-2)19-8-4-3-5-9-19/h3-15,34H,16-17H2,1-2H3. The molecule has 5 rings (SSSR count). The van der Waals surface area contributed by atoms with E-state index in [1.54, 1.807) is 30.3 Å². The molecule has 0 amide bonds. The van der Waals surface area contributed by atoms with E-state index >= 15 is 0 Å². The average molecular weight is 479 g/mol. The summed E-state index contributed by atoms with van der Waals surface area (Å²) in [4.78, 5) is 13.9. The van der Waals surface area contributed by atoms with Gasteiger partial charge in [-0.25, -0.2) is 0 Å². The molecule has 0 saturated heterocycles. The number of aliphatic hydroxyl groups is 1. The minimum absolute atomic E-state index is 0.111. The molecule has 2 atom stereocenters. The second-order valence-corrected chi connectivity index (χ2v) is 8.94. The molecule has 0 radical (unpaired) electrons. The summed E-state index contributed by atoms with van der Waals surface area (Å²) >= 11 is 0. The Labute approximate surface area is 200 Å². The van der Waals surface area contributed by atoms with Gasteiger partial charge < -0.3 is 14.4 Å². The Morgan fingerprint density at radius 3 is 2.20 bits per heavy atom. The fourth-order valence-electron chi connectivity index (χ4n) is 5.76. The molecule has 2 unspecified atom stereocenters. The first-order chi connectivity index (χ1) is 16.7. The van der Waals surface area contributed by atoms with Gasteiger partial charge in [0.25, 0.3) is 0 Å². The molecule has 1 N–H and O–H groups in total. The molecule has 0 saturated carbocycles. The number of ether oxygens (including phenoxy) is 1. The molecule has 7 heteroatoms. The van der Waals surface area contributed by atoms with E-state index in [0.717, 1.165) is 28.7 Å². The van der Waals surface area contributed by atoms with Gasteiger partial charge in [-0.3, -0.25) is 4.79 Å². The lowest BCUT2D eigenvalue weighted by Gasteiger charge is -2.49. The maximum atomic E-state index is 13.9. The van der Waals surface area contributed by atoms with Crippen molar-refractivity contribution in [2.24, 2.45) is 7.05 Å². The quantitative estimate of drug-likeness (QED) is 0.396. The fourth-order valence-corrected chi connectivity index (χ4v) is 5.76. The van der Waals surface area contributed by atoms with Crippen molar-refractivity contribution in [3.63, 3.8) is 0 Å². The van der Waals surface area contributed by atoms with Crippen molar-refractivity contribution < 1.29 is 27.8 Å². The van der Waals surface area contributed by atoms with Crippen LogP contribution in [0.4, 0.5) is 13.2 Å². The van der Waals surface area contributed by atoms with E-state index in [9.17, 15) is 23.1 Å². The van der Waals surface area contributed by atoms with Crippen molar-refractivity contribution in [1.82, 2.24) is 4.57 Å². The predicted molar refractivity (Wildman–Crippen MR) is 126 cm³/mol. The number of alkyl halides is 3. The Bertz CT molecular complexity index is 1410. The van der Waals surface area contributed by atoms with E-state index in [4.69, 9.17) is 4.74 Å². The first-order valence-electron chi connectivity index (χ1n) is 11.3. The van der Waals surface area contributed by atoms with Crippen molar-refractivity contribution in [1.29, 1.82) is 0 Å². The number of fused-ring (bicyclic) bond motifs is 3. The molecular weight excluding hydrogens is 455 g/mol. The summed E-state index contributed by atoms with van der Waals surface area (Å²) in [6.07, 6.45) is -3.99. The first kappa shape index (κ1) is 23.2. The highest BCUT2D eigenvalue weighted by Gasteiger charge is 2.63. The molecule has 1 aliphatic carbocycles. The third-order valence-corrected chi connectivity index (χ3v) is 7.34. The van der Waals surface area contributed by atoms with Gasteiger partial charge in [0.1, 0.15) is 5.60 Å². The third kappa shape index (κ3) is 3.14. The van der Waals surface area contributed by atoms with Crippen LogP contribution in [0, 0.1) is 0 Å². The first-order valence-corrected chi connectivity index (χ1v) is 11.3. The molecule has 0 spiro atoms. The highest BCUT2D eigenvalue weighted by molar-refractivity contribution is 5.99. The van der Waals surface area contributed by atoms with Gasteiger partial charge in [0, 0.05) is 29.2 Å². The van der Waals surface area contributed by atoms with Crippen LogP contribution < -0.4 is 0 Å². The molecule has 0 fully saturated rings. The number of para-hydroxylation sites is 1. The third-order valence-electron chi connectivity index (χ3n) is 7.34. The van der Waals surface area contributed by atoms with Crippen LogP contribution in [-0.4, -0.2) is 22.8 Å². The van der Waals surface area contributed by atoms with Gasteiger partial charge >= 0.3 is 12.1 Å². The van der Waals surface area contributed by atoms with Crippen molar-refractivity contribution in [2.75, 3.05) is 7.11 Å². The number of aryl methyl sites for hydroxylation is 1. The summed E-state index contributed by atoms with van der Waals surface area (Å²) in [7, 11) is 3.18. The van der Waals surface area contributed by atoms with Crippen molar-refractivity contribution >= 4 is 16.9 Å². The van der Waals surface area contributed by atoms with Crippen molar-refractivity contribution in [3.8, 4) is 0 Å². The number of hydrogen-bond acceptors (Lipinski definition) is 3. The Morgan fingerprint density at radius 1 is 0.943 bits per heavy atom. The molecule has 4 aromatic rings. The van der Waals surface area contributed by atoms with Crippen LogP contribution in [0.5, 0.6) is 0 Å². The Hall–Kier alpha value is -3.58. The summed E-state index contributed by atoms with van der Waals surface area (Å²) in [6, 6.07) is 20.9. The van der Waals surface area contributed by atoms with E-state index in [-0.39, 0.29) is 12.0 Å². The molecule has 4 nitrogen and oxygen atoms in total. The molecule has 1 aliphatic rings. The van der Waals surface area contributed by atoms with Crippen LogP contribution >= 0.6 is 0 Å². The van der Waals surface area contributed by atoms with Crippen molar-refractivity contribution in [3.05, 3.63) is 107 Å². The number of rotatable bonds is 3. The number of nitrogens with zero attached hydrogens (tertiary/aromatic N) is 1. The molecule has 0 bridgehead atoms. The molecule has 35 heavy (non-hydrogen) atoms. The number of carbonyl (C=O) groups excluding carboxylic acids is 1. The number of hydrogen-bond donors (Lipinski definition) is 1. The number of halogens is 3. The van der Waals surface area contributed by atoms with Crippen LogP contribution in [0.1, 0.15) is 34.4 Å². The number of aromatic nitrogens is 1. The normalized spacial score (nSPS) is 22.1. The summed E-state index contributed by atoms with van der Waals surface area (Å²) in [5, 5.41) is 13.3. The van der Waals surface area contributed by atoms with E-state index in [2.05, 4.69) is 0 Å². The van der Waals surface area contributed by atoms with Gasteiger partial charge in [0.2, 0.25) is 0 Å². The molecule has 0 aliphatic heterocycles. The molecule has 1 aromatic heterocycles. The lowest BCUT2D eigenvalue weighted by Crippen LogP contribution is -2.58. The van der Waals surface area contributed by atoms with Crippen LogP contribution in [0.15, 0.2) is 78.9 Å². The minimum Gasteiger partial charge on any atom is -0.468 e. The van der Waals surface area contributed by atoms with Gasteiger partial charge in [0.05, 0.1) is 12.7 Å². The fraction of sp³-hybridized carbons (Fsp3) is 0.250. The van der Waals surface area contributed by atoms with Crippen LogP contribution in [0.3, 0.4) is 0 Å². The van der Waals surface area contributed by atoms with E-state index in [0.29, 0.717) is 17.5 Å². The second-order valence-electron chi connectivity index (χ2n) is 8.94. The largest absolute Gasteiger partial charge is 0.468 e. The summed E-state index contributed by atoms with van der Waals surface area (Å²) in [5.74, 6) is -0.677. The van der Waals surface area contributed by atoms with E-state index in [1.165, 1.54) is 19.2 Å². The predicted octanol–water partition coefficient (Wildman–Crippen LogP) is 5.49. The van der Waals surface area contributed by atoms with E-state index in [1.807, 2.05) is 35.9 Å². The topological polar surface area (TPSA) is 51.5 Å². The van der Waals surface area contributed by atoms with Crippen LogP contribution in [-0.2, 0) is 40.2 Å². The van der Waals surface area contributed by atoms with E-state index < -0.39 is 28.7 Å². The van der Waals surface area contributed by atoms with Gasteiger partial charge in [-0.2, -0.15) is 13.2 Å². The van der Waals surface area contributed by atoms with Gasteiger partial charge in [-0.15, -0.1) is 0 Å². The second kappa shape index (κ2) is 7.99. The maximum Gasteiger partial charge on any atom is 0.416 e. The lowest BCUT2D eigenvalue weighted by atomic mass is 9.55. The molecular formula is C28H24F3NO3. The zero-order valence-corrected chi connectivity index (χ0v) is 19.3.